The van der Waals surface area contributed by atoms with Crippen LogP contribution in [0.25, 0.3) is 11.4 Å². The lowest BCUT2D eigenvalue weighted by atomic mass is 10.1. The predicted molar refractivity (Wildman–Crippen MR) is 88.6 cm³/mol. The quantitative estimate of drug-likeness (QED) is 0.795. The molecule has 0 unspecified atom stereocenters. The minimum atomic E-state index is -0.202. The molecule has 120 valence electrons. The zero-order valence-electron chi connectivity index (χ0n) is 13.2. The number of carbonyl (C=O) groups is 1. The van der Waals surface area contributed by atoms with Crippen LogP contribution in [0.3, 0.4) is 0 Å². The van der Waals surface area contributed by atoms with E-state index in [2.05, 4.69) is 20.4 Å². The first-order chi connectivity index (χ1) is 11.7. The molecular formula is C18H16N4O2. The number of hydrogen-bond acceptors (Lipinski definition) is 5. The van der Waals surface area contributed by atoms with Crippen LogP contribution in [0.4, 0.5) is 5.82 Å². The molecule has 1 saturated carbocycles. The van der Waals surface area contributed by atoms with Crippen LogP contribution in [-0.4, -0.2) is 21.0 Å². The molecule has 2 aromatic heterocycles. The lowest BCUT2D eigenvalue weighted by Gasteiger charge is -2.05. The van der Waals surface area contributed by atoms with Gasteiger partial charge in [-0.1, -0.05) is 23.4 Å². The third-order valence-electron chi connectivity index (χ3n) is 3.90. The summed E-state index contributed by atoms with van der Waals surface area (Å²) < 4.78 is 5.26. The average Bonchev–Trinajstić information content (AvgIpc) is 3.32. The largest absolute Gasteiger partial charge is 0.339 e. The Bertz CT molecular complexity index is 882. The van der Waals surface area contributed by atoms with E-state index in [-0.39, 0.29) is 5.91 Å². The molecule has 3 aromatic rings. The van der Waals surface area contributed by atoms with E-state index in [0.29, 0.717) is 29.0 Å². The van der Waals surface area contributed by atoms with Crippen LogP contribution in [-0.2, 0) is 0 Å². The van der Waals surface area contributed by atoms with Crippen LogP contribution in [0.1, 0.15) is 40.7 Å². The summed E-state index contributed by atoms with van der Waals surface area (Å²) in [6, 6.07) is 12.6. The average molecular weight is 320 g/mol. The van der Waals surface area contributed by atoms with Crippen molar-refractivity contribution in [2.45, 2.75) is 25.7 Å². The second kappa shape index (κ2) is 5.88. The molecule has 0 aliphatic heterocycles. The van der Waals surface area contributed by atoms with Crippen molar-refractivity contribution in [1.29, 1.82) is 0 Å². The highest BCUT2D eigenvalue weighted by Gasteiger charge is 2.29. The van der Waals surface area contributed by atoms with Gasteiger partial charge in [-0.25, -0.2) is 4.98 Å². The van der Waals surface area contributed by atoms with E-state index in [1.54, 1.807) is 18.2 Å². The van der Waals surface area contributed by atoms with Crippen molar-refractivity contribution in [3.63, 3.8) is 0 Å². The number of hydrogen-bond donors (Lipinski definition) is 1. The number of aromatic nitrogens is 3. The first-order valence-corrected chi connectivity index (χ1v) is 7.88. The number of nitrogens with zero attached hydrogens (tertiary/aromatic N) is 3. The lowest BCUT2D eigenvalue weighted by molar-refractivity contribution is 0.102. The molecule has 6 heteroatoms. The number of carbonyl (C=O) groups excluding carboxylic acids is 1. The van der Waals surface area contributed by atoms with Crippen LogP contribution in [0.2, 0.25) is 0 Å². The first-order valence-electron chi connectivity index (χ1n) is 7.88. The van der Waals surface area contributed by atoms with Crippen LogP contribution in [0.15, 0.2) is 47.0 Å². The van der Waals surface area contributed by atoms with Crippen molar-refractivity contribution < 1.29 is 9.32 Å². The topological polar surface area (TPSA) is 80.9 Å². The molecule has 1 aromatic carbocycles. The molecule has 4 rings (SSSR count). The van der Waals surface area contributed by atoms with Crippen LogP contribution in [0.5, 0.6) is 0 Å². The van der Waals surface area contributed by atoms with Crippen LogP contribution >= 0.6 is 0 Å². The zero-order valence-corrected chi connectivity index (χ0v) is 13.2. The fraction of sp³-hybridized carbons (Fsp3) is 0.222. The van der Waals surface area contributed by atoms with Gasteiger partial charge in [-0.3, -0.25) is 4.79 Å². The highest BCUT2D eigenvalue weighted by atomic mass is 16.5. The number of benzene rings is 1. The molecule has 0 bridgehead atoms. The van der Waals surface area contributed by atoms with Gasteiger partial charge in [0, 0.05) is 22.7 Å². The second-order valence-corrected chi connectivity index (χ2v) is 5.93. The number of aryl methyl sites for hydroxylation is 1. The van der Waals surface area contributed by atoms with Gasteiger partial charge in [0.05, 0.1) is 0 Å². The summed E-state index contributed by atoms with van der Waals surface area (Å²) in [6.45, 7) is 1.88. The molecule has 2 heterocycles. The second-order valence-electron chi connectivity index (χ2n) is 5.93. The lowest BCUT2D eigenvalue weighted by Crippen LogP contribution is -2.13. The Morgan fingerprint density at radius 3 is 2.62 bits per heavy atom. The third kappa shape index (κ3) is 3.03. The molecule has 0 saturated heterocycles. The Labute approximate surface area is 138 Å². The van der Waals surface area contributed by atoms with E-state index in [0.717, 1.165) is 24.1 Å². The van der Waals surface area contributed by atoms with Crippen molar-refractivity contribution in [2.24, 2.45) is 0 Å². The number of anilines is 1. The minimum Gasteiger partial charge on any atom is -0.339 e. The van der Waals surface area contributed by atoms with Gasteiger partial charge in [0.1, 0.15) is 5.82 Å². The van der Waals surface area contributed by atoms with Crippen molar-refractivity contribution in [3.8, 4) is 11.4 Å². The maximum absolute atomic E-state index is 12.3. The summed E-state index contributed by atoms with van der Waals surface area (Å²) in [4.78, 5) is 20.9. The molecule has 1 fully saturated rings. The molecule has 6 nitrogen and oxygen atoms in total. The van der Waals surface area contributed by atoms with Crippen molar-refractivity contribution in [3.05, 3.63) is 59.6 Å². The van der Waals surface area contributed by atoms with Gasteiger partial charge in [0.25, 0.3) is 5.91 Å². The Kier molecular flexibility index (Phi) is 3.57. The summed E-state index contributed by atoms with van der Waals surface area (Å²) in [5, 5.41) is 6.79. The van der Waals surface area contributed by atoms with Gasteiger partial charge in [0.2, 0.25) is 11.7 Å². The molecule has 0 spiro atoms. The fourth-order valence-corrected chi connectivity index (χ4v) is 2.42. The van der Waals surface area contributed by atoms with Crippen molar-refractivity contribution in [2.75, 3.05) is 5.32 Å². The van der Waals surface area contributed by atoms with E-state index < -0.39 is 0 Å². The Morgan fingerprint density at radius 2 is 1.92 bits per heavy atom. The summed E-state index contributed by atoms with van der Waals surface area (Å²) in [6.07, 6.45) is 2.24. The normalized spacial score (nSPS) is 13.7. The van der Waals surface area contributed by atoms with Crippen molar-refractivity contribution >= 4 is 11.7 Å². The monoisotopic (exact) mass is 320 g/mol. The van der Waals surface area contributed by atoms with Crippen LogP contribution < -0.4 is 5.32 Å². The van der Waals surface area contributed by atoms with Crippen LogP contribution in [0, 0.1) is 6.92 Å². The van der Waals surface area contributed by atoms with E-state index in [9.17, 15) is 4.79 Å². The van der Waals surface area contributed by atoms with Gasteiger partial charge in [-0.2, -0.15) is 4.98 Å². The molecule has 1 amide bonds. The predicted octanol–water partition coefficient (Wildman–Crippen LogP) is 3.57. The molecular weight excluding hydrogens is 304 g/mol. The SMILES string of the molecule is Cc1cccc(NC(=O)c2ccc(-c3noc(C4CC4)n3)cc2)n1. The van der Waals surface area contributed by atoms with Gasteiger partial charge in [-0.15, -0.1) is 0 Å². The highest BCUT2D eigenvalue weighted by Crippen LogP contribution is 2.39. The van der Waals surface area contributed by atoms with E-state index in [4.69, 9.17) is 4.52 Å². The van der Waals surface area contributed by atoms with Gasteiger partial charge >= 0.3 is 0 Å². The van der Waals surface area contributed by atoms with Gasteiger partial charge < -0.3 is 9.84 Å². The summed E-state index contributed by atoms with van der Waals surface area (Å²) in [7, 11) is 0. The Morgan fingerprint density at radius 1 is 1.12 bits per heavy atom. The Hall–Kier alpha value is -3.02. The zero-order chi connectivity index (χ0) is 16.5. The smallest absolute Gasteiger partial charge is 0.256 e. The summed E-state index contributed by atoms with van der Waals surface area (Å²) in [5.41, 5.74) is 2.23. The van der Waals surface area contributed by atoms with Gasteiger partial charge in [-0.05, 0) is 44.0 Å². The highest BCUT2D eigenvalue weighted by molar-refractivity contribution is 6.03. The van der Waals surface area contributed by atoms with E-state index >= 15 is 0 Å². The number of rotatable bonds is 4. The molecule has 1 N–H and O–H groups in total. The molecule has 0 atom stereocenters. The first kappa shape index (κ1) is 14.6. The number of amides is 1. The molecule has 24 heavy (non-hydrogen) atoms. The van der Waals surface area contributed by atoms with E-state index in [1.165, 1.54) is 0 Å². The fourth-order valence-electron chi connectivity index (χ4n) is 2.42. The molecule has 1 aliphatic rings. The van der Waals surface area contributed by atoms with E-state index in [1.807, 2.05) is 31.2 Å². The Balaban J connectivity index is 1.49. The number of pyridine rings is 1. The maximum Gasteiger partial charge on any atom is 0.256 e. The van der Waals surface area contributed by atoms with Gasteiger partial charge in [0.15, 0.2) is 0 Å². The minimum absolute atomic E-state index is 0.202. The molecule has 1 aliphatic carbocycles. The summed E-state index contributed by atoms with van der Waals surface area (Å²) in [5.74, 6) is 2.03. The maximum atomic E-state index is 12.3. The number of nitrogens with one attached hydrogen (secondary N) is 1. The molecule has 0 radical (unpaired) electrons. The third-order valence-corrected chi connectivity index (χ3v) is 3.90. The summed E-state index contributed by atoms with van der Waals surface area (Å²) >= 11 is 0. The standard InChI is InChI=1S/C18H16N4O2/c1-11-3-2-4-15(19-11)20-17(23)13-7-5-12(6-8-13)16-21-18(24-22-16)14-9-10-14/h2-8,14H,9-10H2,1H3,(H,19,20,23). The van der Waals surface area contributed by atoms with Crippen molar-refractivity contribution in [1.82, 2.24) is 15.1 Å².